The fourth-order valence-electron chi connectivity index (χ4n) is 2.54. The van der Waals surface area contributed by atoms with Gasteiger partial charge >= 0.3 is 0 Å². The van der Waals surface area contributed by atoms with Gasteiger partial charge in [-0.2, -0.15) is 5.10 Å². The van der Waals surface area contributed by atoms with Crippen LogP contribution in [0.3, 0.4) is 0 Å². The van der Waals surface area contributed by atoms with Gasteiger partial charge in [0.2, 0.25) is 0 Å². The molecule has 0 aliphatic heterocycles. The van der Waals surface area contributed by atoms with Crippen molar-refractivity contribution < 1.29 is 4.92 Å². The SMILES string of the molecule is Cc1nc2c(c(C)nn2-c2ccc([N+](=O)[O-])cc2)c(C)c1Cl. The van der Waals surface area contributed by atoms with Crippen LogP contribution in [0.5, 0.6) is 0 Å². The second kappa shape index (κ2) is 5.06. The van der Waals surface area contributed by atoms with Gasteiger partial charge in [-0.15, -0.1) is 0 Å². The van der Waals surface area contributed by atoms with E-state index in [1.54, 1.807) is 16.8 Å². The van der Waals surface area contributed by atoms with Crippen LogP contribution in [0.1, 0.15) is 17.0 Å². The number of benzene rings is 1. The summed E-state index contributed by atoms with van der Waals surface area (Å²) in [6, 6.07) is 6.22. The standard InChI is InChI=1S/C15H13ClN4O2/c1-8-13-9(2)18-19(15(13)17-10(3)14(8)16)11-4-6-12(7-5-11)20(21)22/h4-7H,1-3H3. The van der Waals surface area contributed by atoms with Crippen LogP contribution >= 0.6 is 11.6 Å². The molecule has 0 aliphatic carbocycles. The molecule has 112 valence electrons. The normalized spacial score (nSPS) is 11.1. The van der Waals surface area contributed by atoms with Gasteiger partial charge in [-0.25, -0.2) is 9.67 Å². The van der Waals surface area contributed by atoms with E-state index in [4.69, 9.17) is 11.6 Å². The van der Waals surface area contributed by atoms with E-state index in [-0.39, 0.29) is 5.69 Å². The molecule has 0 radical (unpaired) electrons. The van der Waals surface area contributed by atoms with Gasteiger partial charge in [-0.05, 0) is 38.5 Å². The topological polar surface area (TPSA) is 73.8 Å². The zero-order chi connectivity index (χ0) is 16.0. The molecular weight excluding hydrogens is 304 g/mol. The van der Waals surface area contributed by atoms with Crippen molar-refractivity contribution in [1.29, 1.82) is 0 Å². The summed E-state index contributed by atoms with van der Waals surface area (Å²) >= 11 is 6.27. The predicted molar refractivity (Wildman–Crippen MR) is 84.7 cm³/mol. The largest absolute Gasteiger partial charge is 0.269 e. The molecule has 6 nitrogen and oxygen atoms in total. The summed E-state index contributed by atoms with van der Waals surface area (Å²) in [5.41, 5.74) is 3.95. The highest BCUT2D eigenvalue weighted by atomic mass is 35.5. The molecule has 22 heavy (non-hydrogen) atoms. The Morgan fingerprint density at radius 3 is 2.36 bits per heavy atom. The minimum absolute atomic E-state index is 0.0419. The van der Waals surface area contributed by atoms with Crippen LogP contribution < -0.4 is 0 Å². The van der Waals surface area contributed by atoms with E-state index in [1.807, 2.05) is 20.8 Å². The van der Waals surface area contributed by atoms with Crippen molar-refractivity contribution in [2.45, 2.75) is 20.8 Å². The van der Waals surface area contributed by atoms with Crippen molar-refractivity contribution in [3.05, 3.63) is 56.4 Å². The summed E-state index contributed by atoms with van der Waals surface area (Å²) in [6.07, 6.45) is 0. The lowest BCUT2D eigenvalue weighted by atomic mass is 10.1. The molecule has 0 N–H and O–H groups in total. The van der Waals surface area contributed by atoms with Crippen LogP contribution in [-0.2, 0) is 0 Å². The maximum absolute atomic E-state index is 10.7. The van der Waals surface area contributed by atoms with Crippen molar-refractivity contribution in [3.8, 4) is 5.69 Å². The first-order valence-corrected chi connectivity index (χ1v) is 7.05. The second-order valence-electron chi connectivity index (χ2n) is 5.11. The summed E-state index contributed by atoms with van der Waals surface area (Å²) in [5.74, 6) is 0. The Labute approximate surface area is 131 Å². The van der Waals surface area contributed by atoms with Crippen molar-refractivity contribution in [2.24, 2.45) is 0 Å². The number of pyridine rings is 1. The molecule has 0 bridgehead atoms. The van der Waals surface area contributed by atoms with E-state index in [2.05, 4.69) is 10.1 Å². The first-order valence-electron chi connectivity index (χ1n) is 6.67. The summed E-state index contributed by atoms with van der Waals surface area (Å²) < 4.78 is 1.69. The Bertz CT molecular complexity index is 900. The molecule has 2 heterocycles. The lowest BCUT2D eigenvalue weighted by Gasteiger charge is -2.06. The second-order valence-corrected chi connectivity index (χ2v) is 5.48. The molecular formula is C15H13ClN4O2. The van der Waals surface area contributed by atoms with E-state index < -0.39 is 4.92 Å². The molecule has 0 saturated carbocycles. The lowest BCUT2D eigenvalue weighted by molar-refractivity contribution is -0.384. The van der Waals surface area contributed by atoms with Gasteiger partial charge < -0.3 is 0 Å². The molecule has 0 aliphatic rings. The first-order chi connectivity index (χ1) is 10.4. The number of nitrogens with zero attached hydrogens (tertiary/aromatic N) is 4. The van der Waals surface area contributed by atoms with E-state index in [1.165, 1.54) is 12.1 Å². The smallest absolute Gasteiger partial charge is 0.258 e. The fraction of sp³-hybridized carbons (Fsp3) is 0.200. The summed E-state index contributed by atoms with van der Waals surface area (Å²) in [5, 5.41) is 16.8. The number of rotatable bonds is 2. The average Bonchev–Trinajstić information content (AvgIpc) is 2.81. The van der Waals surface area contributed by atoms with Crippen molar-refractivity contribution >= 4 is 28.3 Å². The van der Waals surface area contributed by atoms with Crippen LogP contribution in [0.25, 0.3) is 16.7 Å². The quantitative estimate of drug-likeness (QED) is 0.530. The first kappa shape index (κ1) is 14.5. The molecule has 0 unspecified atom stereocenters. The average molecular weight is 317 g/mol. The Morgan fingerprint density at radius 1 is 1.14 bits per heavy atom. The van der Waals surface area contributed by atoms with Crippen LogP contribution in [0, 0.1) is 30.9 Å². The molecule has 2 aromatic heterocycles. The number of non-ortho nitro benzene ring substituents is 1. The zero-order valence-corrected chi connectivity index (χ0v) is 13.0. The van der Waals surface area contributed by atoms with Gasteiger partial charge in [-0.1, -0.05) is 11.6 Å². The predicted octanol–water partition coefficient (Wildman–Crippen LogP) is 3.91. The summed E-state index contributed by atoms with van der Waals surface area (Å²) in [6.45, 7) is 5.68. The van der Waals surface area contributed by atoms with Gasteiger partial charge in [0.25, 0.3) is 5.69 Å². The third-order valence-electron chi connectivity index (χ3n) is 3.64. The molecule has 0 amide bonds. The number of aromatic nitrogens is 3. The minimum atomic E-state index is -0.428. The number of aryl methyl sites for hydroxylation is 3. The molecule has 7 heteroatoms. The molecule has 0 spiro atoms. The number of nitro benzene ring substituents is 1. The van der Waals surface area contributed by atoms with Crippen LogP contribution in [0.2, 0.25) is 5.02 Å². The number of nitro groups is 1. The Kier molecular flexibility index (Phi) is 3.33. The van der Waals surface area contributed by atoms with Crippen LogP contribution in [-0.4, -0.2) is 19.7 Å². The fourth-order valence-corrected chi connectivity index (χ4v) is 2.68. The van der Waals surface area contributed by atoms with Crippen LogP contribution in [0.15, 0.2) is 24.3 Å². The molecule has 0 saturated heterocycles. The maximum atomic E-state index is 10.7. The van der Waals surface area contributed by atoms with Gasteiger partial charge in [-0.3, -0.25) is 10.1 Å². The highest BCUT2D eigenvalue weighted by Gasteiger charge is 2.17. The molecule has 0 atom stereocenters. The van der Waals surface area contributed by atoms with Gasteiger partial charge in [0, 0.05) is 17.5 Å². The Morgan fingerprint density at radius 2 is 1.77 bits per heavy atom. The summed E-state index contributed by atoms with van der Waals surface area (Å²) in [7, 11) is 0. The Balaban J connectivity index is 2.25. The van der Waals surface area contributed by atoms with Gasteiger partial charge in [0.1, 0.15) is 0 Å². The molecule has 1 aromatic carbocycles. The Hall–Kier alpha value is -2.47. The number of hydrogen-bond donors (Lipinski definition) is 0. The molecule has 3 aromatic rings. The number of halogens is 1. The van der Waals surface area contributed by atoms with E-state index in [9.17, 15) is 10.1 Å². The van der Waals surface area contributed by atoms with E-state index >= 15 is 0 Å². The highest BCUT2D eigenvalue weighted by Crippen LogP contribution is 2.30. The van der Waals surface area contributed by atoms with Crippen molar-refractivity contribution in [3.63, 3.8) is 0 Å². The van der Waals surface area contributed by atoms with E-state index in [0.717, 1.165) is 28.0 Å². The monoisotopic (exact) mass is 316 g/mol. The minimum Gasteiger partial charge on any atom is -0.258 e. The zero-order valence-electron chi connectivity index (χ0n) is 12.3. The third-order valence-corrected chi connectivity index (χ3v) is 4.19. The van der Waals surface area contributed by atoms with Gasteiger partial charge in [0.05, 0.1) is 27.0 Å². The van der Waals surface area contributed by atoms with Gasteiger partial charge in [0.15, 0.2) is 5.65 Å². The van der Waals surface area contributed by atoms with Crippen molar-refractivity contribution in [1.82, 2.24) is 14.8 Å². The van der Waals surface area contributed by atoms with Crippen LogP contribution in [0.4, 0.5) is 5.69 Å². The number of fused-ring (bicyclic) bond motifs is 1. The molecule has 3 rings (SSSR count). The van der Waals surface area contributed by atoms with E-state index in [0.29, 0.717) is 10.7 Å². The summed E-state index contributed by atoms with van der Waals surface area (Å²) in [4.78, 5) is 14.8. The third kappa shape index (κ3) is 2.12. The lowest BCUT2D eigenvalue weighted by Crippen LogP contribution is -1.99. The molecule has 0 fully saturated rings. The highest BCUT2D eigenvalue weighted by molar-refractivity contribution is 6.32. The van der Waals surface area contributed by atoms with Crippen molar-refractivity contribution in [2.75, 3.05) is 0 Å². The maximum Gasteiger partial charge on any atom is 0.269 e. The number of hydrogen-bond acceptors (Lipinski definition) is 4.